The van der Waals surface area contributed by atoms with Crippen molar-refractivity contribution >= 4 is 22.6 Å². The summed E-state index contributed by atoms with van der Waals surface area (Å²) in [6.45, 7) is 13.2. The van der Waals surface area contributed by atoms with Gasteiger partial charge in [-0.3, -0.25) is 13.9 Å². The highest BCUT2D eigenvalue weighted by Gasteiger charge is 2.55. The standard InChI is InChI=1S/C26H36N4O2/c1-16(2)26(9-10-26)23(31)29-13-18-11-17(12-19(18)14-29)20-7-8-21-22(27-20)28(6)24(32)30(21)15-25(3,4)5/h7-8,11,16,18-19H,9-10,12-15H2,1-6H3. The number of aromatic nitrogens is 3. The van der Waals surface area contributed by atoms with Gasteiger partial charge >= 0.3 is 5.69 Å². The molecule has 6 nitrogen and oxygen atoms in total. The molecule has 2 aromatic rings. The van der Waals surface area contributed by atoms with E-state index < -0.39 is 0 Å². The first-order valence-corrected chi connectivity index (χ1v) is 12.1. The van der Waals surface area contributed by atoms with Gasteiger partial charge in [0.15, 0.2) is 5.65 Å². The smallest absolute Gasteiger partial charge is 0.330 e. The van der Waals surface area contributed by atoms with Crippen LogP contribution in [-0.4, -0.2) is 38.0 Å². The van der Waals surface area contributed by atoms with Crippen molar-refractivity contribution in [3.8, 4) is 0 Å². The quantitative estimate of drug-likeness (QED) is 0.726. The molecule has 0 radical (unpaired) electrons. The molecule has 1 amide bonds. The molecule has 5 rings (SSSR count). The maximum atomic E-state index is 13.1. The number of carbonyl (C=O) groups excluding carboxylic acids is 1. The van der Waals surface area contributed by atoms with Gasteiger partial charge in [-0.2, -0.15) is 0 Å². The van der Waals surface area contributed by atoms with Crippen LogP contribution < -0.4 is 5.69 Å². The highest BCUT2D eigenvalue weighted by atomic mass is 16.2. The van der Waals surface area contributed by atoms with E-state index in [9.17, 15) is 9.59 Å². The molecule has 1 aliphatic heterocycles. The molecule has 1 saturated carbocycles. The molecular weight excluding hydrogens is 400 g/mol. The predicted octanol–water partition coefficient (Wildman–Crippen LogP) is 4.08. The molecule has 2 aliphatic carbocycles. The van der Waals surface area contributed by atoms with E-state index >= 15 is 0 Å². The lowest BCUT2D eigenvalue weighted by molar-refractivity contribution is -0.137. The molecule has 6 heteroatoms. The van der Waals surface area contributed by atoms with Gasteiger partial charge in [-0.1, -0.05) is 40.7 Å². The van der Waals surface area contributed by atoms with Gasteiger partial charge in [-0.25, -0.2) is 9.78 Å². The lowest BCUT2D eigenvalue weighted by atomic mass is 9.91. The minimum absolute atomic E-state index is 0.00911. The number of rotatable bonds is 4. The molecule has 2 atom stereocenters. The minimum atomic E-state index is -0.0806. The van der Waals surface area contributed by atoms with Crippen LogP contribution in [-0.2, 0) is 18.4 Å². The predicted molar refractivity (Wildman–Crippen MR) is 127 cm³/mol. The minimum Gasteiger partial charge on any atom is -0.341 e. The fraction of sp³-hybridized carbons (Fsp3) is 0.654. The largest absolute Gasteiger partial charge is 0.341 e. The van der Waals surface area contributed by atoms with Gasteiger partial charge in [0.1, 0.15) is 0 Å². The van der Waals surface area contributed by atoms with Crippen LogP contribution in [0.2, 0.25) is 0 Å². The maximum absolute atomic E-state index is 13.1. The molecule has 0 spiro atoms. The van der Waals surface area contributed by atoms with Crippen LogP contribution in [0.4, 0.5) is 0 Å². The average Bonchev–Trinajstić information content (AvgIpc) is 3.24. The van der Waals surface area contributed by atoms with Crippen molar-refractivity contribution in [3.05, 3.63) is 34.4 Å². The van der Waals surface area contributed by atoms with Crippen molar-refractivity contribution < 1.29 is 4.79 Å². The molecule has 1 saturated heterocycles. The maximum Gasteiger partial charge on any atom is 0.330 e. The molecule has 172 valence electrons. The normalized spacial score (nSPS) is 24.3. The lowest BCUT2D eigenvalue weighted by Gasteiger charge is -2.26. The second kappa shape index (κ2) is 7.06. The first-order chi connectivity index (χ1) is 15.0. The summed E-state index contributed by atoms with van der Waals surface area (Å²) in [4.78, 5) is 33.0. The number of fused-ring (bicyclic) bond motifs is 2. The van der Waals surface area contributed by atoms with Crippen molar-refractivity contribution in [1.29, 1.82) is 0 Å². The van der Waals surface area contributed by atoms with Crippen molar-refractivity contribution in [1.82, 2.24) is 19.0 Å². The summed E-state index contributed by atoms with van der Waals surface area (Å²) in [7, 11) is 1.81. The molecular formula is C26H36N4O2. The Balaban J connectivity index is 1.38. The van der Waals surface area contributed by atoms with Crippen LogP contribution in [0, 0.1) is 28.6 Å². The number of amides is 1. The van der Waals surface area contributed by atoms with E-state index in [1.165, 1.54) is 5.57 Å². The zero-order valence-corrected chi connectivity index (χ0v) is 20.3. The van der Waals surface area contributed by atoms with Crippen LogP contribution in [0.1, 0.15) is 59.6 Å². The molecule has 2 aromatic heterocycles. The highest BCUT2D eigenvalue weighted by molar-refractivity contribution is 5.86. The van der Waals surface area contributed by atoms with Crippen LogP contribution in [0.3, 0.4) is 0 Å². The SMILES string of the molecule is CC(C)C1(C(=O)N2CC3C=C(c4ccc5c(n4)n(C)c(=O)n5CC(C)(C)C)CC3C2)CC1. The number of hydrogen-bond donors (Lipinski definition) is 0. The fourth-order valence-corrected chi connectivity index (χ4v) is 5.83. The Bertz CT molecular complexity index is 1170. The Morgan fingerprint density at radius 2 is 1.94 bits per heavy atom. The van der Waals surface area contributed by atoms with Gasteiger partial charge in [-0.15, -0.1) is 0 Å². The first-order valence-electron chi connectivity index (χ1n) is 12.1. The molecule has 0 bridgehead atoms. The van der Waals surface area contributed by atoms with Crippen LogP contribution in [0.15, 0.2) is 23.0 Å². The number of hydrogen-bond acceptors (Lipinski definition) is 3. The molecule has 3 aliphatic rings. The van der Waals surface area contributed by atoms with E-state index in [0.29, 0.717) is 30.2 Å². The highest BCUT2D eigenvalue weighted by Crippen LogP contribution is 2.54. The lowest BCUT2D eigenvalue weighted by Crippen LogP contribution is -2.38. The van der Waals surface area contributed by atoms with E-state index in [-0.39, 0.29) is 16.5 Å². The summed E-state index contributed by atoms with van der Waals surface area (Å²) >= 11 is 0. The van der Waals surface area contributed by atoms with Crippen LogP contribution in [0.25, 0.3) is 16.7 Å². The zero-order chi connectivity index (χ0) is 23.0. The Kier molecular flexibility index (Phi) is 4.74. The van der Waals surface area contributed by atoms with E-state index in [2.05, 4.69) is 57.7 Å². The van der Waals surface area contributed by atoms with Gasteiger partial charge in [0, 0.05) is 26.7 Å². The van der Waals surface area contributed by atoms with Gasteiger partial charge in [0.25, 0.3) is 0 Å². The molecule has 0 N–H and O–H groups in total. The van der Waals surface area contributed by atoms with Crippen LogP contribution >= 0.6 is 0 Å². The zero-order valence-electron chi connectivity index (χ0n) is 20.3. The van der Waals surface area contributed by atoms with Gasteiger partial charge < -0.3 is 4.90 Å². The molecule has 2 unspecified atom stereocenters. The third kappa shape index (κ3) is 3.34. The molecule has 2 fully saturated rings. The number of imidazole rings is 1. The first kappa shape index (κ1) is 21.5. The number of pyridine rings is 1. The Morgan fingerprint density at radius 3 is 2.53 bits per heavy atom. The second-order valence-corrected chi connectivity index (χ2v) is 11.9. The van der Waals surface area contributed by atoms with Gasteiger partial charge in [0.2, 0.25) is 5.91 Å². The number of likely N-dealkylation sites (tertiary alicyclic amines) is 1. The third-order valence-corrected chi connectivity index (χ3v) is 7.94. The van der Waals surface area contributed by atoms with Gasteiger partial charge in [-0.05, 0) is 60.1 Å². The summed E-state index contributed by atoms with van der Waals surface area (Å²) < 4.78 is 3.51. The Hall–Kier alpha value is -2.37. The molecule has 0 aromatic carbocycles. The summed E-state index contributed by atoms with van der Waals surface area (Å²) in [6, 6.07) is 4.11. The molecule has 3 heterocycles. The van der Waals surface area contributed by atoms with E-state index in [0.717, 1.165) is 49.2 Å². The fourth-order valence-electron chi connectivity index (χ4n) is 5.83. The van der Waals surface area contributed by atoms with Crippen molar-refractivity contribution in [2.24, 2.45) is 35.6 Å². The van der Waals surface area contributed by atoms with Crippen molar-refractivity contribution in [2.45, 2.75) is 60.4 Å². The summed E-state index contributed by atoms with van der Waals surface area (Å²) in [6.07, 6.45) is 5.39. The van der Waals surface area contributed by atoms with Gasteiger partial charge in [0.05, 0.1) is 16.6 Å². The summed E-state index contributed by atoms with van der Waals surface area (Å²) in [5.74, 6) is 1.72. The number of nitrogens with zero attached hydrogens (tertiary/aromatic N) is 4. The monoisotopic (exact) mass is 436 g/mol. The number of aryl methyl sites for hydroxylation is 1. The Morgan fingerprint density at radius 1 is 1.22 bits per heavy atom. The second-order valence-electron chi connectivity index (χ2n) is 11.9. The van der Waals surface area contributed by atoms with E-state index in [4.69, 9.17) is 4.98 Å². The van der Waals surface area contributed by atoms with E-state index in [1.807, 2.05) is 11.6 Å². The molecule has 32 heavy (non-hydrogen) atoms. The average molecular weight is 437 g/mol. The van der Waals surface area contributed by atoms with Crippen molar-refractivity contribution in [2.75, 3.05) is 13.1 Å². The Labute approximate surface area is 190 Å². The summed E-state index contributed by atoms with van der Waals surface area (Å²) in [5, 5.41) is 0. The topological polar surface area (TPSA) is 60.1 Å². The number of carbonyl (C=O) groups is 1. The summed E-state index contributed by atoms with van der Waals surface area (Å²) in [5.41, 5.74) is 3.80. The van der Waals surface area contributed by atoms with Crippen molar-refractivity contribution in [3.63, 3.8) is 0 Å². The third-order valence-electron chi connectivity index (χ3n) is 7.94. The van der Waals surface area contributed by atoms with E-state index in [1.54, 1.807) is 4.57 Å². The van der Waals surface area contributed by atoms with Crippen LogP contribution in [0.5, 0.6) is 0 Å². The number of allylic oxidation sites excluding steroid dienone is 1.